The Labute approximate surface area is 189 Å². The molecule has 0 spiro atoms. The van der Waals surface area contributed by atoms with E-state index in [-0.39, 0.29) is 24.1 Å². The van der Waals surface area contributed by atoms with Crippen LogP contribution in [0, 0.1) is 17.2 Å². The van der Waals surface area contributed by atoms with E-state index in [9.17, 15) is 14.0 Å². The smallest absolute Gasteiger partial charge is 0.228 e. The van der Waals surface area contributed by atoms with Crippen LogP contribution >= 0.6 is 0 Å². The van der Waals surface area contributed by atoms with Gasteiger partial charge in [0.05, 0.1) is 6.42 Å². The van der Waals surface area contributed by atoms with Gasteiger partial charge in [-0.15, -0.1) is 0 Å². The summed E-state index contributed by atoms with van der Waals surface area (Å²) in [6.07, 6.45) is 8.48. The van der Waals surface area contributed by atoms with Crippen LogP contribution < -0.4 is 0 Å². The predicted octanol–water partition coefficient (Wildman–Crippen LogP) is 3.87. The third-order valence-corrected chi connectivity index (χ3v) is 7.06. The van der Waals surface area contributed by atoms with E-state index in [1.165, 1.54) is 17.7 Å². The minimum Gasteiger partial charge on any atom is -0.342 e. The fraction of sp³-hybridized carbons (Fsp3) is 0.500. The number of carbonyl (C=O) groups is 2. The molecule has 6 heteroatoms. The molecular weight excluding hydrogens is 405 g/mol. The van der Waals surface area contributed by atoms with Crippen LogP contribution in [-0.4, -0.2) is 52.8 Å². The second-order valence-electron chi connectivity index (χ2n) is 9.57. The molecule has 2 saturated heterocycles. The van der Waals surface area contributed by atoms with Crippen LogP contribution in [0.5, 0.6) is 0 Å². The zero-order chi connectivity index (χ0) is 22.6. The Morgan fingerprint density at radius 2 is 1.81 bits per heavy atom. The van der Waals surface area contributed by atoms with E-state index in [0.29, 0.717) is 31.8 Å². The standard InChI is InChI=1S/C26H32FN3O2/c1-26(10-14-29(15-11-26)24(31)17-20-6-8-23(27)9-7-20)25(32)30-13-3-5-22(19-30)16-21-4-2-12-28-18-21/h2,4,6-9,12,18,22H,3,5,10-11,13-17,19H2,1H3/t22-/m1/s1. The molecule has 0 N–H and O–H groups in total. The molecule has 1 atom stereocenters. The van der Waals surface area contributed by atoms with Crippen molar-refractivity contribution in [3.05, 3.63) is 65.7 Å². The molecule has 0 radical (unpaired) electrons. The Kier molecular flexibility index (Phi) is 6.87. The number of halogens is 1. The molecule has 2 amide bonds. The summed E-state index contributed by atoms with van der Waals surface area (Å²) in [5.74, 6) is 0.450. The number of piperidine rings is 2. The van der Waals surface area contributed by atoms with Gasteiger partial charge in [-0.2, -0.15) is 0 Å². The second kappa shape index (κ2) is 9.80. The van der Waals surface area contributed by atoms with Crippen LogP contribution in [-0.2, 0) is 22.4 Å². The Morgan fingerprint density at radius 3 is 2.50 bits per heavy atom. The average Bonchev–Trinajstić information content (AvgIpc) is 2.81. The summed E-state index contributed by atoms with van der Waals surface area (Å²) in [6, 6.07) is 10.1. The van der Waals surface area contributed by atoms with Gasteiger partial charge in [0.2, 0.25) is 11.8 Å². The number of aromatic nitrogens is 1. The van der Waals surface area contributed by atoms with E-state index in [2.05, 4.69) is 22.9 Å². The van der Waals surface area contributed by atoms with Gasteiger partial charge in [-0.05, 0) is 67.3 Å². The van der Waals surface area contributed by atoms with E-state index in [4.69, 9.17) is 0 Å². The molecule has 2 fully saturated rings. The van der Waals surface area contributed by atoms with Crippen LogP contribution in [0.25, 0.3) is 0 Å². The Bertz CT molecular complexity index is 924. The summed E-state index contributed by atoms with van der Waals surface area (Å²) in [6.45, 7) is 4.87. The highest BCUT2D eigenvalue weighted by molar-refractivity contribution is 5.83. The van der Waals surface area contributed by atoms with E-state index in [0.717, 1.165) is 37.9 Å². The molecular formula is C26H32FN3O2. The number of hydrogen-bond acceptors (Lipinski definition) is 3. The maximum absolute atomic E-state index is 13.4. The number of benzene rings is 1. The molecule has 1 aromatic carbocycles. The zero-order valence-electron chi connectivity index (χ0n) is 18.8. The first-order valence-corrected chi connectivity index (χ1v) is 11.6. The van der Waals surface area contributed by atoms with Crippen molar-refractivity contribution >= 4 is 11.8 Å². The molecule has 32 heavy (non-hydrogen) atoms. The largest absolute Gasteiger partial charge is 0.342 e. The SMILES string of the molecule is CC1(C(=O)N2CCC[C@H](Cc3cccnc3)C2)CCN(C(=O)Cc2ccc(F)cc2)CC1. The van der Waals surface area contributed by atoms with Crippen molar-refractivity contribution in [2.75, 3.05) is 26.2 Å². The molecule has 2 aliphatic rings. The molecule has 0 aliphatic carbocycles. The highest BCUT2D eigenvalue weighted by atomic mass is 19.1. The molecule has 1 aromatic heterocycles. The number of hydrogen-bond donors (Lipinski definition) is 0. The average molecular weight is 438 g/mol. The third kappa shape index (κ3) is 5.34. The Morgan fingerprint density at radius 1 is 1.06 bits per heavy atom. The van der Waals surface area contributed by atoms with Gasteiger partial charge in [-0.25, -0.2) is 4.39 Å². The summed E-state index contributed by atoms with van der Waals surface area (Å²) in [4.78, 5) is 34.2. The monoisotopic (exact) mass is 437 g/mol. The van der Waals surface area contributed by atoms with E-state index in [1.807, 2.05) is 17.2 Å². The number of carbonyl (C=O) groups excluding carboxylic acids is 2. The normalized spacial score (nSPS) is 20.8. The lowest BCUT2D eigenvalue weighted by Crippen LogP contribution is -2.52. The summed E-state index contributed by atoms with van der Waals surface area (Å²) in [5, 5.41) is 0. The quantitative estimate of drug-likeness (QED) is 0.714. The van der Waals surface area contributed by atoms with E-state index < -0.39 is 5.41 Å². The van der Waals surface area contributed by atoms with Crippen LogP contribution in [0.2, 0.25) is 0 Å². The first kappa shape index (κ1) is 22.4. The summed E-state index contributed by atoms with van der Waals surface area (Å²) < 4.78 is 13.1. The van der Waals surface area contributed by atoms with Gasteiger partial charge in [0.25, 0.3) is 0 Å². The van der Waals surface area contributed by atoms with Gasteiger partial charge in [-0.3, -0.25) is 14.6 Å². The molecule has 170 valence electrons. The van der Waals surface area contributed by atoms with Crippen LogP contribution in [0.15, 0.2) is 48.8 Å². The fourth-order valence-corrected chi connectivity index (χ4v) is 5.00. The highest BCUT2D eigenvalue weighted by Gasteiger charge is 2.41. The maximum atomic E-state index is 13.4. The fourth-order valence-electron chi connectivity index (χ4n) is 5.00. The van der Waals surface area contributed by atoms with E-state index in [1.54, 1.807) is 18.3 Å². The Balaban J connectivity index is 1.30. The molecule has 0 unspecified atom stereocenters. The number of rotatable bonds is 5. The third-order valence-electron chi connectivity index (χ3n) is 7.06. The number of likely N-dealkylation sites (tertiary alicyclic amines) is 2. The molecule has 3 heterocycles. The second-order valence-corrected chi connectivity index (χ2v) is 9.57. The van der Waals surface area contributed by atoms with Crippen molar-refractivity contribution in [3.8, 4) is 0 Å². The summed E-state index contributed by atoms with van der Waals surface area (Å²) >= 11 is 0. The van der Waals surface area contributed by atoms with Gasteiger partial charge in [0.15, 0.2) is 0 Å². The molecule has 2 aromatic rings. The predicted molar refractivity (Wildman–Crippen MR) is 121 cm³/mol. The van der Waals surface area contributed by atoms with Gasteiger partial charge in [0, 0.05) is 44.0 Å². The molecule has 5 nitrogen and oxygen atoms in total. The van der Waals surface area contributed by atoms with Crippen molar-refractivity contribution in [1.29, 1.82) is 0 Å². The molecule has 0 bridgehead atoms. The first-order valence-electron chi connectivity index (χ1n) is 11.6. The van der Waals surface area contributed by atoms with Gasteiger partial charge >= 0.3 is 0 Å². The lowest BCUT2D eigenvalue weighted by Gasteiger charge is -2.43. The number of amides is 2. The Hall–Kier alpha value is -2.76. The van der Waals surface area contributed by atoms with Crippen molar-refractivity contribution in [3.63, 3.8) is 0 Å². The van der Waals surface area contributed by atoms with Crippen molar-refractivity contribution in [2.24, 2.45) is 11.3 Å². The first-order chi connectivity index (χ1) is 15.4. The molecule has 2 aliphatic heterocycles. The van der Waals surface area contributed by atoms with Gasteiger partial charge < -0.3 is 9.80 Å². The van der Waals surface area contributed by atoms with Crippen LogP contribution in [0.4, 0.5) is 4.39 Å². The summed E-state index contributed by atoms with van der Waals surface area (Å²) in [5.41, 5.74) is 1.63. The lowest BCUT2D eigenvalue weighted by atomic mass is 9.78. The van der Waals surface area contributed by atoms with E-state index >= 15 is 0 Å². The van der Waals surface area contributed by atoms with Crippen LogP contribution in [0.3, 0.4) is 0 Å². The highest BCUT2D eigenvalue weighted by Crippen LogP contribution is 2.35. The number of nitrogens with zero attached hydrogens (tertiary/aromatic N) is 3. The van der Waals surface area contributed by atoms with Crippen LogP contribution in [0.1, 0.15) is 43.7 Å². The molecule has 0 saturated carbocycles. The van der Waals surface area contributed by atoms with Gasteiger partial charge in [0.1, 0.15) is 5.82 Å². The van der Waals surface area contributed by atoms with Crippen molar-refractivity contribution < 1.29 is 14.0 Å². The number of pyridine rings is 1. The maximum Gasteiger partial charge on any atom is 0.228 e. The van der Waals surface area contributed by atoms with Gasteiger partial charge in [-0.1, -0.05) is 25.1 Å². The minimum absolute atomic E-state index is 0.0422. The minimum atomic E-state index is -0.414. The molecule has 4 rings (SSSR count). The van der Waals surface area contributed by atoms with Crippen molar-refractivity contribution in [2.45, 2.75) is 45.4 Å². The lowest BCUT2D eigenvalue weighted by molar-refractivity contribution is -0.148. The van der Waals surface area contributed by atoms with Crippen molar-refractivity contribution in [1.82, 2.24) is 14.8 Å². The zero-order valence-corrected chi connectivity index (χ0v) is 18.8. The topological polar surface area (TPSA) is 53.5 Å². The summed E-state index contributed by atoms with van der Waals surface area (Å²) in [7, 11) is 0.